The number of nitrogens with two attached hydrogens (primary N) is 1. The minimum atomic E-state index is 0.503. The SMILES string of the molecule is CC1CCN(C(C)c2ccc(I)cc2)CC1CN. The minimum absolute atomic E-state index is 0.503. The van der Waals surface area contributed by atoms with Crippen molar-refractivity contribution in [1.82, 2.24) is 4.90 Å². The lowest BCUT2D eigenvalue weighted by atomic mass is 9.86. The average Bonchev–Trinajstić information content (AvgIpc) is 2.39. The van der Waals surface area contributed by atoms with Crippen LogP contribution in [0.25, 0.3) is 0 Å². The Morgan fingerprint density at radius 3 is 2.67 bits per heavy atom. The molecule has 2 rings (SSSR count). The average molecular weight is 358 g/mol. The molecule has 1 saturated heterocycles. The molecule has 18 heavy (non-hydrogen) atoms. The number of piperidine rings is 1. The summed E-state index contributed by atoms with van der Waals surface area (Å²) in [6.07, 6.45) is 1.27. The summed E-state index contributed by atoms with van der Waals surface area (Å²) in [6, 6.07) is 9.39. The fourth-order valence-electron chi connectivity index (χ4n) is 2.79. The van der Waals surface area contributed by atoms with Gasteiger partial charge in [-0.3, -0.25) is 4.90 Å². The van der Waals surface area contributed by atoms with E-state index in [9.17, 15) is 0 Å². The van der Waals surface area contributed by atoms with Crippen molar-refractivity contribution in [2.75, 3.05) is 19.6 Å². The Balaban J connectivity index is 2.05. The molecule has 1 aromatic rings. The van der Waals surface area contributed by atoms with Crippen LogP contribution >= 0.6 is 22.6 Å². The zero-order chi connectivity index (χ0) is 13.1. The molecule has 2 N–H and O–H groups in total. The monoisotopic (exact) mass is 358 g/mol. The topological polar surface area (TPSA) is 29.3 Å². The predicted octanol–water partition coefficient (Wildman–Crippen LogP) is 3.27. The molecule has 0 radical (unpaired) electrons. The van der Waals surface area contributed by atoms with Crippen molar-refractivity contribution in [3.05, 3.63) is 33.4 Å². The van der Waals surface area contributed by atoms with Gasteiger partial charge in [-0.2, -0.15) is 0 Å². The second-order valence-corrected chi connectivity index (χ2v) is 6.73. The van der Waals surface area contributed by atoms with Crippen molar-refractivity contribution in [3.8, 4) is 0 Å². The molecular weight excluding hydrogens is 335 g/mol. The van der Waals surface area contributed by atoms with Gasteiger partial charge in [-0.15, -0.1) is 0 Å². The van der Waals surface area contributed by atoms with E-state index in [0.29, 0.717) is 12.0 Å². The molecule has 1 heterocycles. The molecule has 1 aliphatic heterocycles. The van der Waals surface area contributed by atoms with Crippen molar-refractivity contribution in [2.45, 2.75) is 26.3 Å². The van der Waals surface area contributed by atoms with E-state index in [0.717, 1.165) is 19.0 Å². The number of hydrogen-bond donors (Lipinski definition) is 1. The first-order chi connectivity index (χ1) is 8.61. The Hall–Kier alpha value is -0.130. The van der Waals surface area contributed by atoms with Gasteiger partial charge >= 0.3 is 0 Å². The summed E-state index contributed by atoms with van der Waals surface area (Å²) in [5, 5.41) is 0. The molecule has 0 aliphatic carbocycles. The molecule has 2 nitrogen and oxygen atoms in total. The first kappa shape index (κ1) is 14.3. The Morgan fingerprint density at radius 1 is 1.39 bits per heavy atom. The van der Waals surface area contributed by atoms with Crippen LogP contribution in [0.5, 0.6) is 0 Å². The summed E-state index contributed by atoms with van der Waals surface area (Å²) >= 11 is 2.36. The maximum absolute atomic E-state index is 5.89. The largest absolute Gasteiger partial charge is 0.330 e. The Bertz CT molecular complexity index is 377. The molecule has 1 fully saturated rings. The standard InChI is InChI=1S/C15H23IN2/c1-11-7-8-18(10-14(11)9-17)12(2)13-3-5-15(16)6-4-13/h3-6,11-12,14H,7-10,17H2,1-2H3. The van der Waals surface area contributed by atoms with E-state index in [2.05, 4.69) is 65.6 Å². The highest BCUT2D eigenvalue weighted by Gasteiger charge is 2.28. The van der Waals surface area contributed by atoms with Crippen LogP contribution in [-0.4, -0.2) is 24.5 Å². The molecule has 1 aromatic carbocycles. The highest BCUT2D eigenvalue weighted by molar-refractivity contribution is 14.1. The fourth-order valence-corrected chi connectivity index (χ4v) is 3.15. The highest BCUT2D eigenvalue weighted by Crippen LogP contribution is 2.29. The Labute approximate surface area is 124 Å². The molecule has 1 aliphatic rings. The van der Waals surface area contributed by atoms with Gasteiger partial charge in [-0.25, -0.2) is 0 Å². The maximum Gasteiger partial charge on any atom is 0.0320 e. The molecule has 100 valence electrons. The van der Waals surface area contributed by atoms with Gasteiger partial charge in [0.15, 0.2) is 0 Å². The third kappa shape index (κ3) is 3.25. The molecule has 0 amide bonds. The molecule has 0 aromatic heterocycles. The summed E-state index contributed by atoms with van der Waals surface area (Å²) in [5.74, 6) is 1.43. The van der Waals surface area contributed by atoms with E-state index in [1.165, 1.54) is 22.1 Å². The van der Waals surface area contributed by atoms with Crippen LogP contribution in [0.3, 0.4) is 0 Å². The molecule has 3 atom stereocenters. The normalized spacial score (nSPS) is 27.1. The fraction of sp³-hybridized carbons (Fsp3) is 0.600. The number of hydrogen-bond acceptors (Lipinski definition) is 2. The van der Waals surface area contributed by atoms with Gasteiger partial charge in [-0.1, -0.05) is 19.1 Å². The van der Waals surface area contributed by atoms with Crippen molar-refractivity contribution in [2.24, 2.45) is 17.6 Å². The van der Waals surface area contributed by atoms with Gasteiger partial charge in [0.05, 0.1) is 0 Å². The number of nitrogens with zero attached hydrogens (tertiary/aromatic N) is 1. The van der Waals surface area contributed by atoms with Crippen molar-refractivity contribution in [3.63, 3.8) is 0 Å². The lowest BCUT2D eigenvalue weighted by molar-refractivity contribution is 0.0978. The van der Waals surface area contributed by atoms with E-state index in [4.69, 9.17) is 5.73 Å². The zero-order valence-electron chi connectivity index (χ0n) is 11.3. The quantitative estimate of drug-likeness (QED) is 0.841. The van der Waals surface area contributed by atoms with Gasteiger partial charge in [0, 0.05) is 16.2 Å². The Morgan fingerprint density at radius 2 is 2.06 bits per heavy atom. The summed E-state index contributed by atoms with van der Waals surface area (Å²) < 4.78 is 1.30. The molecule has 3 heteroatoms. The summed E-state index contributed by atoms with van der Waals surface area (Å²) in [4.78, 5) is 2.58. The molecule has 3 unspecified atom stereocenters. The van der Waals surface area contributed by atoms with E-state index in [-0.39, 0.29) is 0 Å². The number of rotatable bonds is 3. The third-order valence-electron chi connectivity index (χ3n) is 4.35. The van der Waals surface area contributed by atoms with Gasteiger partial charge in [0.2, 0.25) is 0 Å². The van der Waals surface area contributed by atoms with Crippen LogP contribution in [0, 0.1) is 15.4 Å². The molecule has 0 saturated carbocycles. The summed E-state index contributed by atoms with van der Waals surface area (Å²) in [6.45, 7) is 7.81. The number of halogens is 1. The predicted molar refractivity (Wildman–Crippen MR) is 85.5 cm³/mol. The molecule has 0 bridgehead atoms. The van der Waals surface area contributed by atoms with Crippen LogP contribution < -0.4 is 5.73 Å². The lowest BCUT2D eigenvalue weighted by Gasteiger charge is -2.40. The van der Waals surface area contributed by atoms with Gasteiger partial charge in [0.1, 0.15) is 0 Å². The minimum Gasteiger partial charge on any atom is -0.330 e. The van der Waals surface area contributed by atoms with E-state index in [1.807, 2.05) is 0 Å². The van der Waals surface area contributed by atoms with E-state index in [1.54, 1.807) is 0 Å². The summed E-state index contributed by atoms with van der Waals surface area (Å²) in [7, 11) is 0. The van der Waals surface area contributed by atoms with Crippen molar-refractivity contribution < 1.29 is 0 Å². The highest BCUT2D eigenvalue weighted by atomic mass is 127. The van der Waals surface area contributed by atoms with Crippen LogP contribution in [0.1, 0.15) is 31.9 Å². The van der Waals surface area contributed by atoms with E-state index < -0.39 is 0 Å². The van der Waals surface area contributed by atoms with Crippen molar-refractivity contribution in [1.29, 1.82) is 0 Å². The number of benzene rings is 1. The zero-order valence-corrected chi connectivity index (χ0v) is 13.4. The number of likely N-dealkylation sites (tertiary alicyclic amines) is 1. The van der Waals surface area contributed by atoms with Crippen molar-refractivity contribution >= 4 is 22.6 Å². The molecular formula is C15H23IN2. The lowest BCUT2D eigenvalue weighted by Crippen LogP contribution is -2.43. The second kappa shape index (κ2) is 6.35. The van der Waals surface area contributed by atoms with Crippen LogP contribution in [0.4, 0.5) is 0 Å². The summed E-state index contributed by atoms with van der Waals surface area (Å²) in [5.41, 5.74) is 7.30. The van der Waals surface area contributed by atoms with Gasteiger partial charge in [-0.05, 0) is 78.6 Å². The second-order valence-electron chi connectivity index (χ2n) is 5.48. The van der Waals surface area contributed by atoms with Crippen LogP contribution in [-0.2, 0) is 0 Å². The first-order valence-electron chi connectivity index (χ1n) is 6.81. The maximum atomic E-state index is 5.89. The first-order valence-corrected chi connectivity index (χ1v) is 7.89. The van der Waals surface area contributed by atoms with Crippen LogP contribution in [0.15, 0.2) is 24.3 Å². The molecule has 0 spiro atoms. The van der Waals surface area contributed by atoms with E-state index >= 15 is 0 Å². The van der Waals surface area contributed by atoms with Gasteiger partial charge in [0.25, 0.3) is 0 Å². The Kier molecular flexibility index (Phi) is 5.04. The smallest absolute Gasteiger partial charge is 0.0320 e. The van der Waals surface area contributed by atoms with Crippen LogP contribution in [0.2, 0.25) is 0 Å². The third-order valence-corrected chi connectivity index (χ3v) is 5.07. The van der Waals surface area contributed by atoms with Gasteiger partial charge < -0.3 is 5.73 Å².